The summed E-state index contributed by atoms with van der Waals surface area (Å²) in [6.07, 6.45) is 0. The van der Waals surface area contributed by atoms with Crippen LogP contribution in [0.1, 0.15) is 0 Å². The molecule has 0 aromatic carbocycles. The normalized spacial score (nSPS) is 8.75. The van der Waals surface area contributed by atoms with Crippen molar-refractivity contribution in [3.05, 3.63) is 0 Å². The molecule has 0 spiro atoms. The number of halogens is 2. The second-order valence-corrected chi connectivity index (χ2v) is 4.98. The lowest BCUT2D eigenvalue weighted by molar-refractivity contribution is 4.95. The van der Waals surface area contributed by atoms with Crippen molar-refractivity contribution in [1.82, 2.24) is 0 Å². The van der Waals surface area contributed by atoms with Crippen molar-refractivity contribution < 1.29 is 0 Å². The molecule has 0 saturated carbocycles. The molecule has 4 heavy (non-hydrogen) atoms. The fourth-order valence-electron chi connectivity index (χ4n) is 0. The van der Waals surface area contributed by atoms with Crippen LogP contribution in [0.15, 0.2) is 0 Å². The van der Waals surface area contributed by atoms with Gasteiger partial charge in [-0.05, 0) is 32.6 Å². The first-order valence-corrected chi connectivity index (χ1v) is 4.28. The molecule has 0 unspecified atom stereocenters. The molecule has 0 aromatic heterocycles. The summed E-state index contributed by atoms with van der Waals surface area (Å²) in [4.78, 5) is 0. The highest BCUT2D eigenvalue weighted by Gasteiger charge is 1.60. The van der Waals surface area contributed by atoms with E-state index in [0.29, 0.717) is 0 Å². The first kappa shape index (κ1) is 5.15. The third-order valence-electron chi connectivity index (χ3n) is 0. The second kappa shape index (κ2) is 2.39. The molecule has 26 valence electrons. The van der Waals surface area contributed by atoms with Crippen LogP contribution >= 0.6 is 21.4 Å². The van der Waals surface area contributed by atoms with E-state index in [4.69, 9.17) is 21.4 Å². The number of hydrogen-bond acceptors (Lipinski definition) is 1. The van der Waals surface area contributed by atoms with Gasteiger partial charge in [0.2, 0.25) is 0 Å². The van der Waals surface area contributed by atoms with E-state index in [2.05, 4.69) is 11.2 Å². The summed E-state index contributed by atoms with van der Waals surface area (Å²) in [6, 6.07) is 0. The molecule has 0 nitrogen and oxygen atoms in total. The van der Waals surface area contributed by atoms with E-state index in [1.807, 2.05) is 0 Å². The zero-order chi connectivity index (χ0) is 3.58. The Hall–Kier alpha value is 1.15. The van der Waals surface area contributed by atoms with Crippen molar-refractivity contribution >= 4 is 40.4 Å². The van der Waals surface area contributed by atoms with Crippen LogP contribution in [0, 0.1) is 0 Å². The summed E-state index contributed by atoms with van der Waals surface area (Å²) in [7, 11) is 8.93. The molecule has 0 aliphatic rings. The smallest absolute Gasteiger partial charge is 0.0229 e. The van der Waals surface area contributed by atoms with Crippen LogP contribution in [0.4, 0.5) is 0 Å². The first-order valence-electron chi connectivity index (χ1n) is 0.475. The van der Waals surface area contributed by atoms with E-state index < -0.39 is 7.88 Å². The minimum Gasteiger partial charge on any atom is -0.0229 e. The predicted octanol–water partition coefficient (Wildman–Crippen LogP) is 1.37. The quantitative estimate of drug-likeness (QED) is 0.452. The monoisotopic (exact) mass is 134 g/mol. The van der Waals surface area contributed by atoms with Crippen LogP contribution in [0.2, 0.25) is 0 Å². The summed E-state index contributed by atoms with van der Waals surface area (Å²) in [5, 5.41) is 0. The molecule has 0 aromatic rings. The van der Waals surface area contributed by atoms with Gasteiger partial charge in [-0.2, -0.15) is 0 Å². The van der Waals surface area contributed by atoms with Gasteiger partial charge in [-0.3, -0.25) is 0 Å². The molecule has 0 N–H and O–H groups in total. The van der Waals surface area contributed by atoms with Gasteiger partial charge < -0.3 is 0 Å². The van der Waals surface area contributed by atoms with Gasteiger partial charge in [0.05, 0.1) is 7.88 Å². The molecule has 0 bridgehead atoms. The summed E-state index contributed by atoms with van der Waals surface area (Å²) in [6.45, 7) is 0. The van der Waals surface area contributed by atoms with Crippen molar-refractivity contribution in [3.63, 3.8) is 0 Å². The maximum atomic E-state index is 4.88. The molecule has 4 heteroatoms. The van der Waals surface area contributed by atoms with E-state index >= 15 is 0 Å². The summed E-state index contributed by atoms with van der Waals surface area (Å²) >= 11 is 4.18. The molecule has 0 rings (SSSR count). The van der Waals surface area contributed by atoms with E-state index in [1.165, 1.54) is 0 Å². The molecule has 0 heterocycles. The highest BCUT2D eigenvalue weighted by molar-refractivity contribution is 8.54. The van der Waals surface area contributed by atoms with Crippen molar-refractivity contribution in [3.8, 4) is 0 Å². The van der Waals surface area contributed by atoms with Crippen LogP contribution in [0.25, 0.3) is 0 Å². The Morgan fingerprint density at radius 3 is 1.50 bits per heavy atom. The van der Waals surface area contributed by atoms with E-state index in [0.717, 1.165) is 0 Å². The fourth-order valence-corrected chi connectivity index (χ4v) is 0. The zero-order valence-corrected chi connectivity index (χ0v) is 4.72. The fraction of sp³-hybridized carbons (Fsp3) is 0. The SMILES string of the molecule is S=S(Cl)Cl. The molecule has 0 amide bonds. The maximum Gasteiger partial charge on any atom is 0.0639 e. The Kier molecular flexibility index (Phi) is 3.08. The van der Waals surface area contributed by atoms with Gasteiger partial charge in [-0.1, -0.05) is 0 Å². The second-order valence-electron chi connectivity index (χ2n) is 0.184. The molecule has 0 saturated heterocycles. The number of hydrogen-bond donors (Lipinski definition) is 0. The van der Waals surface area contributed by atoms with E-state index in [-0.39, 0.29) is 0 Å². The molecule has 0 aliphatic carbocycles. The lowest BCUT2D eigenvalue weighted by Crippen LogP contribution is -1.35. The van der Waals surface area contributed by atoms with Crippen LogP contribution in [0.5, 0.6) is 0 Å². The largest absolute Gasteiger partial charge is 0.0639 e. The van der Waals surface area contributed by atoms with Crippen molar-refractivity contribution in [1.29, 1.82) is 0 Å². The van der Waals surface area contributed by atoms with E-state index in [1.54, 1.807) is 0 Å². The molecular formula is Cl2S2. The van der Waals surface area contributed by atoms with Crippen molar-refractivity contribution in [2.75, 3.05) is 0 Å². The topological polar surface area (TPSA) is 0 Å². The Labute approximate surface area is 40.7 Å². The Morgan fingerprint density at radius 2 is 1.50 bits per heavy atom. The van der Waals surface area contributed by atoms with Crippen LogP contribution < -0.4 is 0 Å². The maximum absolute atomic E-state index is 4.88. The third-order valence-corrected chi connectivity index (χ3v) is 0. The first-order chi connectivity index (χ1) is 1.73. The summed E-state index contributed by atoms with van der Waals surface area (Å²) in [5.41, 5.74) is 0. The molecule has 0 fully saturated rings. The highest BCUT2D eigenvalue weighted by atomic mass is 36.0. The van der Waals surface area contributed by atoms with Gasteiger partial charge in [0.15, 0.2) is 0 Å². The van der Waals surface area contributed by atoms with Crippen molar-refractivity contribution in [2.45, 2.75) is 0 Å². The summed E-state index contributed by atoms with van der Waals surface area (Å²) < 4.78 is 0. The van der Waals surface area contributed by atoms with Crippen molar-refractivity contribution in [2.24, 2.45) is 0 Å². The van der Waals surface area contributed by atoms with Gasteiger partial charge in [0, 0.05) is 0 Å². The molecule has 0 aliphatic heterocycles. The van der Waals surface area contributed by atoms with Gasteiger partial charge in [0.1, 0.15) is 0 Å². The lowest BCUT2D eigenvalue weighted by Gasteiger charge is -1.56. The molecular weight excluding hydrogens is 135 g/mol. The van der Waals surface area contributed by atoms with E-state index in [9.17, 15) is 0 Å². The minimum absolute atomic E-state index is 0.833. The average Bonchev–Trinajstić information content (AvgIpc) is 0.811. The highest BCUT2D eigenvalue weighted by Crippen LogP contribution is 1.91. The van der Waals surface area contributed by atoms with Gasteiger partial charge in [-0.15, -0.1) is 0 Å². The van der Waals surface area contributed by atoms with Gasteiger partial charge in [-0.25, -0.2) is 0 Å². The predicted molar refractivity (Wildman–Crippen MR) is 26.4 cm³/mol. The Morgan fingerprint density at radius 1 is 1.50 bits per heavy atom. The molecule has 0 radical (unpaired) electrons. The van der Waals surface area contributed by atoms with Crippen LogP contribution in [-0.2, 0) is 19.1 Å². The lowest BCUT2D eigenvalue weighted by atomic mass is 31.1. The Balaban J connectivity index is 2.80. The zero-order valence-electron chi connectivity index (χ0n) is 1.57. The molecule has 0 atom stereocenters. The Bertz CT molecular complexity index is 27.0. The standard InChI is InChI=1S/Cl2S2/c1-4(2)3. The third kappa shape index (κ3) is 11.0. The minimum atomic E-state index is -0.833. The average molecular weight is 135 g/mol. The van der Waals surface area contributed by atoms with Gasteiger partial charge >= 0.3 is 0 Å². The summed E-state index contributed by atoms with van der Waals surface area (Å²) in [5.74, 6) is 0. The van der Waals surface area contributed by atoms with Gasteiger partial charge in [0.25, 0.3) is 0 Å². The van der Waals surface area contributed by atoms with Crippen LogP contribution in [-0.4, -0.2) is 0 Å². The number of rotatable bonds is 0. The van der Waals surface area contributed by atoms with Crippen LogP contribution in [0.3, 0.4) is 0 Å².